The molecule has 2 amide bonds. The van der Waals surface area contributed by atoms with Crippen LogP contribution in [0.15, 0.2) is 60.8 Å². The van der Waals surface area contributed by atoms with E-state index < -0.39 is 22.0 Å². The van der Waals surface area contributed by atoms with Crippen LogP contribution in [0.1, 0.15) is 21.6 Å². The first kappa shape index (κ1) is 26.8. The maximum atomic E-state index is 13.3. The van der Waals surface area contributed by atoms with Gasteiger partial charge < -0.3 is 25.4 Å². The van der Waals surface area contributed by atoms with Crippen molar-refractivity contribution >= 4 is 33.0 Å². The second-order valence-corrected chi connectivity index (χ2v) is 10.8. The maximum absolute atomic E-state index is 13.3. The van der Waals surface area contributed by atoms with Gasteiger partial charge in [0.1, 0.15) is 9.84 Å². The van der Waals surface area contributed by atoms with Gasteiger partial charge in [-0.3, -0.25) is 14.6 Å². The highest BCUT2D eigenvalue weighted by Crippen LogP contribution is 2.42. The molecule has 0 spiro atoms. The van der Waals surface area contributed by atoms with Crippen LogP contribution < -0.4 is 25.4 Å². The molecule has 0 fully saturated rings. The Morgan fingerprint density at radius 2 is 1.79 bits per heavy atom. The zero-order valence-electron chi connectivity index (χ0n) is 20.2. The standard InChI is InChI=1S/C25H24F2N4O6S/c1-38(34,35)11-10-29-23(32)14-18-12-16(8-9-28-18)15-30-20-5-3-2-4-19(20)24(33)31-17-6-7-21-22(13-17)37-25(26,27)36-21/h2-9,12-13,30H,10-11,14-15H2,1H3,(H,29,32)(H,31,33). The molecule has 4 rings (SSSR count). The van der Waals surface area contributed by atoms with Crippen LogP contribution in [0.2, 0.25) is 0 Å². The highest BCUT2D eigenvalue weighted by molar-refractivity contribution is 7.90. The number of pyridine rings is 1. The summed E-state index contributed by atoms with van der Waals surface area (Å²) in [6.45, 7) is 0.338. The van der Waals surface area contributed by atoms with Crippen molar-refractivity contribution in [3.63, 3.8) is 0 Å². The number of benzene rings is 2. The Morgan fingerprint density at radius 1 is 1.03 bits per heavy atom. The van der Waals surface area contributed by atoms with E-state index in [0.29, 0.717) is 23.5 Å². The Hall–Kier alpha value is -4.26. The fourth-order valence-corrected chi connectivity index (χ4v) is 4.07. The fraction of sp³-hybridized carbons (Fsp3) is 0.240. The quantitative estimate of drug-likeness (QED) is 0.353. The number of carbonyl (C=O) groups excluding carboxylic acids is 2. The molecule has 0 saturated heterocycles. The zero-order chi connectivity index (χ0) is 27.3. The summed E-state index contributed by atoms with van der Waals surface area (Å²) >= 11 is 0. The third-order valence-corrected chi connectivity index (χ3v) is 6.28. The Bertz CT molecular complexity index is 1470. The number of halogens is 2. The lowest BCUT2D eigenvalue weighted by atomic mass is 10.1. The van der Waals surface area contributed by atoms with Gasteiger partial charge in [0.2, 0.25) is 5.91 Å². The lowest BCUT2D eigenvalue weighted by Crippen LogP contribution is -2.30. The van der Waals surface area contributed by atoms with Crippen LogP contribution in [0, 0.1) is 0 Å². The summed E-state index contributed by atoms with van der Waals surface area (Å²) in [5.74, 6) is -1.27. The second-order valence-electron chi connectivity index (χ2n) is 8.49. The maximum Gasteiger partial charge on any atom is 0.586 e. The van der Waals surface area contributed by atoms with Crippen LogP contribution in [0.5, 0.6) is 11.5 Å². The average Bonchev–Trinajstić information content (AvgIpc) is 3.15. The lowest BCUT2D eigenvalue weighted by Gasteiger charge is -2.13. The molecule has 0 aliphatic carbocycles. The van der Waals surface area contributed by atoms with E-state index in [1.807, 2.05) is 0 Å². The van der Waals surface area contributed by atoms with E-state index in [-0.39, 0.29) is 41.8 Å². The monoisotopic (exact) mass is 546 g/mol. The third kappa shape index (κ3) is 7.38. The minimum atomic E-state index is -3.75. The predicted octanol–water partition coefficient (Wildman–Crippen LogP) is 2.97. The number of nitrogens with zero attached hydrogens (tertiary/aromatic N) is 1. The molecule has 0 radical (unpaired) electrons. The van der Waals surface area contributed by atoms with Gasteiger partial charge in [-0.2, -0.15) is 0 Å². The van der Waals surface area contributed by atoms with E-state index >= 15 is 0 Å². The topological polar surface area (TPSA) is 136 Å². The molecule has 10 nitrogen and oxygen atoms in total. The summed E-state index contributed by atoms with van der Waals surface area (Å²) in [5, 5.41) is 8.39. The third-order valence-electron chi connectivity index (χ3n) is 5.33. The Labute approximate surface area is 217 Å². The van der Waals surface area contributed by atoms with E-state index in [1.165, 1.54) is 18.2 Å². The lowest BCUT2D eigenvalue weighted by molar-refractivity contribution is -0.286. The summed E-state index contributed by atoms with van der Waals surface area (Å²) in [6, 6.07) is 14.2. The smallest absolute Gasteiger partial charge is 0.395 e. The molecular weight excluding hydrogens is 522 g/mol. The van der Waals surface area contributed by atoms with Crippen molar-refractivity contribution in [1.82, 2.24) is 10.3 Å². The van der Waals surface area contributed by atoms with Crippen molar-refractivity contribution < 1.29 is 36.3 Å². The number of sulfone groups is 1. The molecule has 1 aliphatic rings. The van der Waals surface area contributed by atoms with Gasteiger partial charge in [0.25, 0.3) is 5.91 Å². The first-order valence-corrected chi connectivity index (χ1v) is 13.5. The van der Waals surface area contributed by atoms with Crippen molar-refractivity contribution in [2.75, 3.05) is 29.2 Å². The van der Waals surface area contributed by atoms with Gasteiger partial charge in [-0.15, -0.1) is 8.78 Å². The predicted molar refractivity (Wildman–Crippen MR) is 135 cm³/mol. The molecule has 3 N–H and O–H groups in total. The van der Waals surface area contributed by atoms with Gasteiger partial charge in [-0.1, -0.05) is 12.1 Å². The van der Waals surface area contributed by atoms with Crippen molar-refractivity contribution in [3.05, 3.63) is 77.6 Å². The van der Waals surface area contributed by atoms with E-state index in [2.05, 4.69) is 30.4 Å². The van der Waals surface area contributed by atoms with Crippen LogP contribution in [0.4, 0.5) is 20.2 Å². The van der Waals surface area contributed by atoms with Gasteiger partial charge in [0.15, 0.2) is 11.5 Å². The highest BCUT2D eigenvalue weighted by Gasteiger charge is 2.43. The molecule has 1 aromatic heterocycles. The number of fused-ring (bicyclic) bond motifs is 1. The number of hydrogen-bond acceptors (Lipinski definition) is 8. The van der Waals surface area contributed by atoms with E-state index in [4.69, 9.17) is 0 Å². The summed E-state index contributed by atoms with van der Waals surface area (Å²) in [5.41, 5.74) is 2.38. The molecule has 0 atom stereocenters. The molecule has 3 aromatic rings. The molecule has 200 valence electrons. The summed E-state index contributed by atoms with van der Waals surface area (Å²) < 4.78 is 57.7. The van der Waals surface area contributed by atoms with Crippen LogP contribution in [0.3, 0.4) is 0 Å². The first-order chi connectivity index (χ1) is 18.0. The van der Waals surface area contributed by atoms with Gasteiger partial charge in [-0.05, 0) is 42.0 Å². The van der Waals surface area contributed by atoms with Crippen LogP contribution in [-0.4, -0.2) is 50.1 Å². The first-order valence-electron chi connectivity index (χ1n) is 11.4. The molecule has 0 saturated carbocycles. The average molecular weight is 547 g/mol. The van der Waals surface area contributed by atoms with E-state index in [1.54, 1.807) is 42.6 Å². The van der Waals surface area contributed by atoms with Gasteiger partial charge >= 0.3 is 6.29 Å². The van der Waals surface area contributed by atoms with Crippen molar-refractivity contribution in [2.24, 2.45) is 0 Å². The molecule has 13 heteroatoms. The molecule has 0 unspecified atom stereocenters. The number of anilines is 2. The molecule has 0 bridgehead atoms. The Morgan fingerprint density at radius 3 is 2.58 bits per heavy atom. The summed E-state index contributed by atoms with van der Waals surface area (Å²) in [6.07, 6.45) is -1.12. The normalized spacial score (nSPS) is 13.6. The number of alkyl halides is 2. The molecule has 38 heavy (non-hydrogen) atoms. The molecule has 1 aliphatic heterocycles. The number of amides is 2. The fourth-order valence-electron chi connectivity index (χ4n) is 3.60. The molecular formula is C25H24F2N4O6S. The molecule has 2 aromatic carbocycles. The Balaban J connectivity index is 1.36. The van der Waals surface area contributed by atoms with Gasteiger partial charge in [0.05, 0.1) is 17.7 Å². The van der Waals surface area contributed by atoms with E-state index in [9.17, 15) is 26.8 Å². The number of hydrogen-bond donors (Lipinski definition) is 3. The highest BCUT2D eigenvalue weighted by atomic mass is 32.2. The van der Waals surface area contributed by atoms with Crippen LogP contribution in [-0.2, 0) is 27.6 Å². The number of carbonyl (C=O) groups is 2. The van der Waals surface area contributed by atoms with Crippen molar-refractivity contribution in [2.45, 2.75) is 19.3 Å². The molecule has 2 heterocycles. The Kier molecular flexibility index (Phi) is 7.76. The van der Waals surface area contributed by atoms with Crippen LogP contribution in [0.25, 0.3) is 0 Å². The van der Waals surface area contributed by atoms with Crippen molar-refractivity contribution in [1.29, 1.82) is 0 Å². The van der Waals surface area contributed by atoms with E-state index in [0.717, 1.165) is 11.8 Å². The number of para-hydroxylation sites is 1. The number of aromatic nitrogens is 1. The number of nitrogens with one attached hydrogen (secondary N) is 3. The SMILES string of the molecule is CS(=O)(=O)CCNC(=O)Cc1cc(CNc2ccccc2C(=O)Nc2ccc3c(c2)OC(F)(F)O3)ccn1. The van der Waals surface area contributed by atoms with Gasteiger partial charge in [0, 0.05) is 48.7 Å². The number of rotatable bonds is 10. The van der Waals surface area contributed by atoms with Crippen LogP contribution >= 0.6 is 0 Å². The summed E-state index contributed by atoms with van der Waals surface area (Å²) in [7, 11) is -3.17. The van der Waals surface area contributed by atoms with Crippen molar-refractivity contribution in [3.8, 4) is 11.5 Å². The number of ether oxygens (including phenoxy) is 2. The minimum Gasteiger partial charge on any atom is -0.395 e. The second kappa shape index (κ2) is 11.0. The minimum absolute atomic E-state index is 0.0158. The van der Waals surface area contributed by atoms with Gasteiger partial charge in [-0.25, -0.2) is 8.42 Å². The largest absolute Gasteiger partial charge is 0.586 e. The zero-order valence-corrected chi connectivity index (χ0v) is 21.0. The summed E-state index contributed by atoms with van der Waals surface area (Å²) in [4.78, 5) is 29.2.